The van der Waals surface area contributed by atoms with Crippen LogP contribution < -0.4 is 4.90 Å². The lowest BCUT2D eigenvalue weighted by molar-refractivity contribution is -0.134. The van der Waals surface area contributed by atoms with Gasteiger partial charge in [-0.3, -0.25) is 9.69 Å². The summed E-state index contributed by atoms with van der Waals surface area (Å²) in [5.74, 6) is -0.0214. The van der Waals surface area contributed by atoms with E-state index in [1.807, 2.05) is 17.0 Å². The van der Waals surface area contributed by atoms with Gasteiger partial charge in [-0.1, -0.05) is 24.3 Å². The number of para-hydroxylation sites is 1. The second-order valence-corrected chi connectivity index (χ2v) is 8.24. The lowest BCUT2D eigenvalue weighted by Crippen LogP contribution is -2.49. The molecular formula is C25H24F2N4O2. The Morgan fingerprint density at radius 1 is 0.970 bits per heavy atom. The Hall–Kier alpha value is -3.52. The maximum Gasteiger partial charge on any atom is 0.257 e. The molecule has 3 heterocycles. The van der Waals surface area contributed by atoms with Crippen LogP contribution in [-0.2, 0) is 4.79 Å². The van der Waals surface area contributed by atoms with Gasteiger partial charge in [0.25, 0.3) is 5.91 Å². The molecule has 1 saturated heterocycles. The number of benzene rings is 2. The first kappa shape index (κ1) is 21.3. The Bertz CT molecular complexity index is 1140. The van der Waals surface area contributed by atoms with Crippen molar-refractivity contribution in [2.45, 2.75) is 12.5 Å². The minimum Gasteiger partial charge on any atom is -0.467 e. The summed E-state index contributed by atoms with van der Waals surface area (Å²) in [7, 11) is 0. The van der Waals surface area contributed by atoms with Crippen molar-refractivity contribution in [1.29, 1.82) is 0 Å². The molecule has 5 rings (SSSR count). The van der Waals surface area contributed by atoms with Gasteiger partial charge in [0, 0.05) is 32.6 Å². The van der Waals surface area contributed by atoms with Crippen molar-refractivity contribution in [3.63, 3.8) is 0 Å². The number of anilines is 1. The fraction of sp³-hybridized carbons (Fsp3) is 0.280. The van der Waals surface area contributed by atoms with Crippen LogP contribution in [0.25, 0.3) is 0 Å². The van der Waals surface area contributed by atoms with E-state index in [1.165, 1.54) is 23.2 Å². The van der Waals surface area contributed by atoms with Crippen LogP contribution in [0.15, 0.2) is 76.4 Å². The Labute approximate surface area is 190 Å². The topological polar surface area (TPSA) is 52.3 Å². The summed E-state index contributed by atoms with van der Waals surface area (Å²) in [5, 5.41) is 6.08. The van der Waals surface area contributed by atoms with Crippen LogP contribution in [0.4, 0.5) is 14.5 Å². The third-order valence-electron chi connectivity index (χ3n) is 6.14. The lowest BCUT2D eigenvalue weighted by Gasteiger charge is -2.36. The third kappa shape index (κ3) is 4.52. The number of amides is 1. The zero-order chi connectivity index (χ0) is 22.8. The molecule has 33 heavy (non-hydrogen) atoms. The van der Waals surface area contributed by atoms with E-state index in [9.17, 15) is 13.6 Å². The minimum atomic E-state index is -0.341. The first-order valence-electron chi connectivity index (χ1n) is 11.0. The first-order chi connectivity index (χ1) is 16.1. The fourth-order valence-electron chi connectivity index (χ4n) is 4.38. The second-order valence-electron chi connectivity index (χ2n) is 8.24. The number of furan rings is 1. The van der Waals surface area contributed by atoms with Crippen LogP contribution in [0.3, 0.4) is 0 Å². The van der Waals surface area contributed by atoms with Gasteiger partial charge < -0.3 is 9.32 Å². The van der Waals surface area contributed by atoms with E-state index in [0.717, 1.165) is 5.56 Å². The molecule has 1 unspecified atom stereocenters. The highest BCUT2D eigenvalue weighted by Crippen LogP contribution is 2.33. The van der Waals surface area contributed by atoms with E-state index in [2.05, 4.69) is 10.0 Å². The van der Waals surface area contributed by atoms with Gasteiger partial charge in [0.05, 0.1) is 24.2 Å². The monoisotopic (exact) mass is 450 g/mol. The molecule has 1 amide bonds. The Balaban J connectivity index is 1.28. The molecule has 0 aliphatic carbocycles. The predicted molar refractivity (Wildman–Crippen MR) is 121 cm³/mol. The molecular weight excluding hydrogens is 426 g/mol. The van der Waals surface area contributed by atoms with Crippen molar-refractivity contribution in [2.24, 2.45) is 5.10 Å². The van der Waals surface area contributed by atoms with Crippen LogP contribution in [-0.4, -0.2) is 54.3 Å². The van der Waals surface area contributed by atoms with Crippen LogP contribution in [0, 0.1) is 11.6 Å². The minimum absolute atomic E-state index is 0.132. The van der Waals surface area contributed by atoms with Gasteiger partial charge >= 0.3 is 0 Å². The predicted octanol–water partition coefficient (Wildman–Crippen LogP) is 4.06. The number of hydrogen-bond acceptors (Lipinski definition) is 5. The SMILES string of the molecule is O=C(CN1CCN(c2ccccc2F)CC1)N1N=C(c2ccc(F)cc2)CC1c1ccco1. The number of carbonyl (C=O) groups excluding carboxylic acids is 1. The van der Waals surface area contributed by atoms with Crippen LogP contribution in [0.1, 0.15) is 23.8 Å². The summed E-state index contributed by atoms with van der Waals surface area (Å²) in [6, 6.07) is 16.1. The Morgan fingerprint density at radius 2 is 1.73 bits per heavy atom. The molecule has 6 nitrogen and oxygen atoms in total. The van der Waals surface area contributed by atoms with Crippen molar-refractivity contribution in [2.75, 3.05) is 37.6 Å². The Kier molecular flexibility index (Phi) is 5.92. The van der Waals surface area contributed by atoms with Gasteiger partial charge in [-0.25, -0.2) is 13.8 Å². The van der Waals surface area contributed by atoms with E-state index in [1.54, 1.807) is 36.6 Å². The number of rotatable bonds is 5. The fourth-order valence-corrected chi connectivity index (χ4v) is 4.38. The summed E-state index contributed by atoms with van der Waals surface area (Å²) in [6.45, 7) is 2.78. The van der Waals surface area contributed by atoms with Crippen LogP contribution in [0.5, 0.6) is 0 Å². The van der Waals surface area contributed by atoms with Gasteiger partial charge in [-0.15, -0.1) is 0 Å². The quantitative estimate of drug-likeness (QED) is 0.589. The van der Waals surface area contributed by atoms with Gasteiger partial charge in [-0.2, -0.15) is 5.10 Å². The number of halogens is 2. The van der Waals surface area contributed by atoms with E-state index in [0.29, 0.717) is 49.8 Å². The maximum atomic E-state index is 14.1. The third-order valence-corrected chi connectivity index (χ3v) is 6.14. The molecule has 1 aromatic heterocycles. The van der Waals surface area contributed by atoms with E-state index < -0.39 is 0 Å². The molecule has 8 heteroatoms. The molecule has 0 spiro atoms. The van der Waals surface area contributed by atoms with Gasteiger partial charge in [0.2, 0.25) is 0 Å². The van der Waals surface area contributed by atoms with E-state index >= 15 is 0 Å². The van der Waals surface area contributed by atoms with Crippen molar-refractivity contribution >= 4 is 17.3 Å². The van der Waals surface area contributed by atoms with Crippen molar-refractivity contribution in [3.05, 3.63) is 89.9 Å². The molecule has 0 bridgehead atoms. The van der Waals surface area contributed by atoms with E-state index in [4.69, 9.17) is 4.42 Å². The van der Waals surface area contributed by atoms with Crippen molar-refractivity contribution in [1.82, 2.24) is 9.91 Å². The molecule has 1 fully saturated rings. The smallest absolute Gasteiger partial charge is 0.257 e. The highest BCUT2D eigenvalue weighted by Gasteiger charge is 2.35. The zero-order valence-corrected chi connectivity index (χ0v) is 18.0. The standard InChI is InChI=1S/C25H24F2N4O2/c26-19-9-7-18(8-10-19)21-16-23(24-6-3-15-33-24)31(28-21)25(32)17-29-11-13-30(14-12-29)22-5-2-1-4-20(22)27/h1-10,15,23H,11-14,16-17H2. The number of nitrogens with zero attached hydrogens (tertiary/aromatic N) is 4. The molecule has 3 aromatic rings. The molecule has 1 atom stereocenters. The molecule has 2 aromatic carbocycles. The lowest BCUT2D eigenvalue weighted by atomic mass is 10.0. The summed E-state index contributed by atoms with van der Waals surface area (Å²) in [5.41, 5.74) is 2.09. The normalized spacial score (nSPS) is 19.1. The number of carbonyl (C=O) groups is 1. The van der Waals surface area contributed by atoms with Crippen molar-refractivity contribution < 1.29 is 18.0 Å². The molecule has 2 aliphatic heterocycles. The number of hydrogen-bond donors (Lipinski definition) is 0. The summed E-state index contributed by atoms with van der Waals surface area (Å²) < 4.78 is 33.0. The maximum absolute atomic E-state index is 14.1. The van der Waals surface area contributed by atoms with Gasteiger partial charge in [0.15, 0.2) is 0 Å². The molecule has 170 valence electrons. The second kappa shape index (κ2) is 9.15. The molecule has 0 radical (unpaired) electrons. The largest absolute Gasteiger partial charge is 0.467 e. The summed E-state index contributed by atoms with van der Waals surface area (Å²) in [4.78, 5) is 17.3. The first-order valence-corrected chi connectivity index (χ1v) is 11.0. The van der Waals surface area contributed by atoms with Crippen LogP contribution in [0.2, 0.25) is 0 Å². The number of hydrazone groups is 1. The molecule has 2 aliphatic rings. The Morgan fingerprint density at radius 3 is 2.42 bits per heavy atom. The number of piperazine rings is 1. The highest BCUT2D eigenvalue weighted by atomic mass is 19.1. The summed E-state index contributed by atoms with van der Waals surface area (Å²) in [6.07, 6.45) is 2.07. The van der Waals surface area contributed by atoms with E-state index in [-0.39, 0.29) is 30.1 Å². The average Bonchev–Trinajstić information content (AvgIpc) is 3.51. The van der Waals surface area contributed by atoms with Gasteiger partial charge in [-0.05, 0) is 42.0 Å². The van der Waals surface area contributed by atoms with Crippen molar-refractivity contribution in [3.8, 4) is 0 Å². The highest BCUT2D eigenvalue weighted by molar-refractivity contribution is 6.03. The van der Waals surface area contributed by atoms with Gasteiger partial charge in [0.1, 0.15) is 23.4 Å². The molecule has 0 saturated carbocycles. The summed E-state index contributed by atoms with van der Waals surface area (Å²) >= 11 is 0. The molecule has 0 N–H and O–H groups in total. The zero-order valence-electron chi connectivity index (χ0n) is 18.0. The average molecular weight is 450 g/mol. The van der Waals surface area contributed by atoms with Crippen LogP contribution >= 0.6 is 0 Å².